The summed E-state index contributed by atoms with van der Waals surface area (Å²) in [7, 11) is 0. The first-order chi connectivity index (χ1) is 19.5. The van der Waals surface area contributed by atoms with Gasteiger partial charge in [-0.05, 0) is 48.4 Å². The quantitative estimate of drug-likeness (QED) is 0.240. The Hall–Kier alpha value is -3.38. The number of nitrogens with zero attached hydrogens (tertiary/aromatic N) is 3. The molecule has 0 saturated heterocycles. The average Bonchev–Trinajstić information content (AvgIpc) is 3.41. The third-order valence-electron chi connectivity index (χ3n) is 7.78. The van der Waals surface area contributed by atoms with Crippen LogP contribution in [0.3, 0.4) is 0 Å². The average molecular weight is 544 g/mol. The molecule has 40 heavy (non-hydrogen) atoms. The summed E-state index contributed by atoms with van der Waals surface area (Å²) in [6, 6.07) is 24.7. The molecule has 1 aromatic heterocycles. The number of ether oxygens (including phenoxy) is 1. The molecule has 1 aliphatic carbocycles. The molecule has 1 saturated carbocycles. The molecule has 0 N–H and O–H groups in total. The van der Waals surface area contributed by atoms with Crippen LogP contribution >= 0.6 is 0 Å². The number of hydrogen-bond donors (Lipinski definition) is 0. The summed E-state index contributed by atoms with van der Waals surface area (Å²) in [6.45, 7) is 6.62. The molecule has 2 aromatic carbocycles. The van der Waals surface area contributed by atoms with Crippen LogP contribution in [0.1, 0.15) is 69.2 Å². The van der Waals surface area contributed by atoms with E-state index < -0.39 is 0 Å². The van der Waals surface area contributed by atoms with Gasteiger partial charge in [0.25, 0.3) is 0 Å². The molecule has 0 unspecified atom stereocenters. The third-order valence-corrected chi connectivity index (χ3v) is 7.78. The first kappa shape index (κ1) is 29.6. The molecular formula is C34H45N3O3. The van der Waals surface area contributed by atoms with Crippen LogP contribution in [0.5, 0.6) is 0 Å². The van der Waals surface area contributed by atoms with Gasteiger partial charge in [-0.15, -0.1) is 0 Å². The fraction of sp³-hybridized carbons (Fsp3) is 0.471. The van der Waals surface area contributed by atoms with Crippen LogP contribution in [-0.4, -0.2) is 51.9 Å². The van der Waals surface area contributed by atoms with Gasteiger partial charge < -0.3 is 19.1 Å². The van der Waals surface area contributed by atoms with Crippen molar-refractivity contribution in [3.63, 3.8) is 0 Å². The van der Waals surface area contributed by atoms with Crippen molar-refractivity contribution in [2.24, 2.45) is 5.92 Å². The number of benzene rings is 2. The zero-order valence-corrected chi connectivity index (χ0v) is 24.2. The molecule has 1 heterocycles. The Morgan fingerprint density at radius 2 is 1.55 bits per heavy atom. The lowest BCUT2D eigenvalue weighted by atomic mass is 9.94. The van der Waals surface area contributed by atoms with Gasteiger partial charge in [0, 0.05) is 31.0 Å². The van der Waals surface area contributed by atoms with Gasteiger partial charge >= 0.3 is 0 Å². The largest absolute Gasteiger partial charge is 0.367 e. The van der Waals surface area contributed by atoms with Crippen molar-refractivity contribution in [2.75, 3.05) is 19.7 Å². The fourth-order valence-electron chi connectivity index (χ4n) is 5.40. The van der Waals surface area contributed by atoms with Crippen molar-refractivity contribution < 1.29 is 14.3 Å². The number of amides is 2. The first-order valence-corrected chi connectivity index (χ1v) is 14.9. The van der Waals surface area contributed by atoms with Gasteiger partial charge in [-0.2, -0.15) is 0 Å². The molecule has 0 radical (unpaired) electrons. The Balaban J connectivity index is 1.45. The Kier molecular flexibility index (Phi) is 11.4. The molecule has 3 aromatic rings. The highest BCUT2D eigenvalue weighted by atomic mass is 16.5. The second kappa shape index (κ2) is 15.4. The van der Waals surface area contributed by atoms with Gasteiger partial charge in [0.15, 0.2) is 0 Å². The van der Waals surface area contributed by atoms with E-state index in [9.17, 15) is 9.59 Å². The number of carbonyl (C=O) groups is 2. The SMILES string of the molecule is CC(C)CCN(CC(=O)N(Cc1cccn1Cc1ccccc1)C1CCCCC1)C(=O)COCc1ccccc1. The van der Waals surface area contributed by atoms with E-state index in [0.29, 0.717) is 25.6 Å². The summed E-state index contributed by atoms with van der Waals surface area (Å²) in [5.74, 6) is 0.340. The number of carbonyl (C=O) groups excluding carboxylic acids is 2. The van der Waals surface area contributed by atoms with Crippen molar-refractivity contribution in [1.29, 1.82) is 0 Å². The summed E-state index contributed by atoms with van der Waals surface area (Å²) in [6.07, 6.45) is 8.48. The summed E-state index contributed by atoms with van der Waals surface area (Å²) in [5.41, 5.74) is 3.38. The van der Waals surface area contributed by atoms with E-state index in [4.69, 9.17) is 4.74 Å². The second-order valence-corrected chi connectivity index (χ2v) is 11.4. The first-order valence-electron chi connectivity index (χ1n) is 14.9. The van der Waals surface area contributed by atoms with Gasteiger partial charge in [-0.1, -0.05) is 93.8 Å². The van der Waals surface area contributed by atoms with Crippen LogP contribution in [0.4, 0.5) is 0 Å². The van der Waals surface area contributed by atoms with Crippen LogP contribution in [0.2, 0.25) is 0 Å². The lowest BCUT2D eigenvalue weighted by molar-refractivity contribution is -0.145. The highest BCUT2D eigenvalue weighted by Gasteiger charge is 2.29. The van der Waals surface area contributed by atoms with E-state index in [-0.39, 0.29) is 31.0 Å². The lowest BCUT2D eigenvalue weighted by Gasteiger charge is -2.36. The monoisotopic (exact) mass is 543 g/mol. The smallest absolute Gasteiger partial charge is 0.249 e. The maximum Gasteiger partial charge on any atom is 0.249 e. The number of aromatic nitrogens is 1. The van der Waals surface area contributed by atoms with Gasteiger partial charge in [0.05, 0.1) is 19.7 Å². The van der Waals surface area contributed by atoms with E-state index in [1.807, 2.05) is 36.4 Å². The van der Waals surface area contributed by atoms with E-state index in [1.165, 1.54) is 12.0 Å². The molecule has 0 atom stereocenters. The molecule has 6 heteroatoms. The third kappa shape index (κ3) is 9.09. The van der Waals surface area contributed by atoms with Crippen LogP contribution < -0.4 is 0 Å². The Bertz CT molecular complexity index is 1170. The van der Waals surface area contributed by atoms with Crippen molar-refractivity contribution in [3.8, 4) is 0 Å². The van der Waals surface area contributed by atoms with Crippen molar-refractivity contribution in [3.05, 3.63) is 95.8 Å². The van der Waals surface area contributed by atoms with Crippen molar-refractivity contribution in [2.45, 2.75) is 78.1 Å². The maximum absolute atomic E-state index is 14.0. The van der Waals surface area contributed by atoms with Crippen molar-refractivity contribution in [1.82, 2.24) is 14.4 Å². The topological polar surface area (TPSA) is 54.8 Å². The zero-order chi connectivity index (χ0) is 28.2. The van der Waals surface area contributed by atoms with Gasteiger partial charge in [0.1, 0.15) is 6.61 Å². The molecule has 1 aliphatic rings. The molecular weight excluding hydrogens is 498 g/mol. The van der Waals surface area contributed by atoms with Crippen molar-refractivity contribution >= 4 is 11.8 Å². The molecule has 1 fully saturated rings. The molecule has 0 spiro atoms. The molecule has 4 rings (SSSR count). The maximum atomic E-state index is 14.0. The predicted octanol–water partition coefficient (Wildman–Crippen LogP) is 6.29. The number of rotatable bonds is 14. The number of hydrogen-bond acceptors (Lipinski definition) is 3. The van der Waals surface area contributed by atoms with Crippen LogP contribution in [0, 0.1) is 5.92 Å². The van der Waals surface area contributed by atoms with Gasteiger partial charge in [-0.3, -0.25) is 9.59 Å². The predicted molar refractivity (Wildman–Crippen MR) is 160 cm³/mol. The normalized spacial score (nSPS) is 13.9. The van der Waals surface area contributed by atoms with E-state index in [0.717, 1.165) is 49.9 Å². The van der Waals surface area contributed by atoms with E-state index in [1.54, 1.807) is 4.90 Å². The minimum absolute atomic E-state index is 0.0242. The van der Waals surface area contributed by atoms with Gasteiger partial charge in [-0.25, -0.2) is 0 Å². The summed E-state index contributed by atoms with van der Waals surface area (Å²) in [4.78, 5) is 31.0. The van der Waals surface area contributed by atoms with Crippen LogP contribution in [0.15, 0.2) is 79.0 Å². The zero-order valence-electron chi connectivity index (χ0n) is 24.2. The summed E-state index contributed by atoms with van der Waals surface area (Å²) in [5, 5.41) is 0. The standard InChI is InChI=1S/C34H45N3O3/c1-28(2)20-22-36(34(39)27-40-26-30-15-8-4-9-16-30)25-33(38)37(31-17-10-5-11-18-31)24-32-19-12-21-35(32)23-29-13-6-3-7-14-29/h3-4,6-9,12-16,19,21,28,31H,5,10-11,17-18,20,22-27H2,1-2H3. The minimum atomic E-state index is -0.124. The minimum Gasteiger partial charge on any atom is -0.367 e. The molecule has 0 aliphatic heterocycles. The molecule has 6 nitrogen and oxygen atoms in total. The Morgan fingerprint density at radius 3 is 2.23 bits per heavy atom. The lowest BCUT2D eigenvalue weighted by Crippen LogP contribution is -2.48. The van der Waals surface area contributed by atoms with Crippen LogP contribution in [-0.2, 0) is 34.0 Å². The summed E-state index contributed by atoms with van der Waals surface area (Å²) < 4.78 is 8.00. The second-order valence-electron chi connectivity index (χ2n) is 11.4. The van der Waals surface area contributed by atoms with E-state index >= 15 is 0 Å². The molecule has 0 bridgehead atoms. The van der Waals surface area contributed by atoms with Crippen LogP contribution in [0.25, 0.3) is 0 Å². The van der Waals surface area contributed by atoms with Gasteiger partial charge in [0.2, 0.25) is 11.8 Å². The highest BCUT2D eigenvalue weighted by molar-refractivity contribution is 5.85. The molecule has 2 amide bonds. The van der Waals surface area contributed by atoms with E-state index in [2.05, 4.69) is 65.9 Å². The highest BCUT2D eigenvalue weighted by Crippen LogP contribution is 2.25. The molecule has 214 valence electrons. The Morgan fingerprint density at radius 1 is 0.875 bits per heavy atom. The summed E-state index contributed by atoms with van der Waals surface area (Å²) >= 11 is 0. The Labute approximate surface area is 239 Å². The fourth-order valence-corrected chi connectivity index (χ4v) is 5.40.